The third-order valence-electron chi connectivity index (χ3n) is 5.48. The minimum absolute atomic E-state index is 0.0798. The predicted molar refractivity (Wildman–Crippen MR) is 119 cm³/mol. The Hall–Kier alpha value is -1.60. The molecule has 0 spiro atoms. The van der Waals surface area contributed by atoms with Crippen LogP contribution in [-0.2, 0) is 4.79 Å². The smallest absolute Gasteiger partial charge is 0.221 e. The van der Waals surface area contributed by atoms with Crippen LogP contribution in [0.2, 0.25) is 0 Å². The van der Waals surface area contributed by atoms with Crippen molar-refractivity contribution < 1.29 is 4.79 Å². The van der Waals surface area contributed by atoms with Gasteiger partial charge in [0.15, 0.2) is 5.96 Å². The van der Waals surface area contributed by atoms with Gasteiger partial charge in [0.2, 0.25) is 5.91 Å². The van der Waals surface area contributed by atoms with E-state index in [4.69, 9.17) is 0 Å². The van der Waals surface area contributed by atoms with Gasteiger partial charge in [-0.2, -0.15) is 0 Å². The number of carbonyl (C=O) groups excluding carboxylic acids is 1. The van der Waals surface area contributed by atoms with E-state index in [1.165, 1.54) is 17.7 Å². The van der Waals surface area contributed by atoms with Gasteiger partial charge < -0.3 is 16.0 Å². The number of aliphatic imine (C=N–C) groups is 1. The number of thiophene rings is 1. The van der Waals surface area contributed by atoms with Crippen molar-refractivity contribution in [3.05, 3.63) is 22.4 Å². The van der Waals surface area contributed by atoms with Crippen LogP contribution in [0, 0.1) is 5.92 Å². The Morgan fingerprint density at radius 2 is 2.11 bits per heavy atom. The van der Waals surface area contributed by atoms with Gasteiger partial charge in [0.1, 0.15) is 0 Å². The number of likely N-dealkylation sites (tertiary alicyclic amines) is 1. The Balaban J connectivity index is 1.82. The Morgan fingerprint density at radius 3 is 2.71 bits per heavy atom. The molecular formula is C21H37N5OS. The minimum atomic E-state index is 0.0798. The van der Waals surface area contributed by atoms with Crippen molar-refractivity contribution in [3.8, 4) is 0 Å². The van der Waals surface area contributed by atoms with Gasteiger partial charge in [-0.05, 0) is 56.6 Å². The molecule has 1 aliphatic heterocycles. The highest BCUT2D eigenvalue weighted by Crippen LogP contribution is 2.28. The lowest BCUT2D eigenvalue weighted by Crippen LogP contribution is -2.45. The average Bonchev–Trinajstić information content (AvgIpc) is 3.22. The van der Waals surface area contributed by atoms with Crippen LogP contribution in [0.1, 0.15) is 57.4 Å². The van der Waals surface area contributed by atoms with E-state index in [9.17, 15) is 4.79 Å². The number of amides is 1. The van der Waals surface area contributed by atoms with Crippen molar-refractivity contribution in [3.63, 3.8) is 0 Å². The maximum absolute atomic E-state index is 11.9. The van der Waals surface area contributed by atoms with Gasteiger partial charge in [0, 0.05) is 37.5 Å². The van der Waals surface area contributed by atoms with Crippen molar-refractivity contribution in [1.29, 1.82) is 0 Å². The zero-order chi connectivity index (χ0) is 20.4. The number of piperidine rings is 1. The first-order valence-electron chi connectivity index (χ1n) is 10.5. The molecule has 28 heavy (non-hydrogen) atoms. The second-order valence-electron chi connectivity index (χ2n) is 7.76. The molecule has 1 amide bonds. The van der Waals surface area contributed by atoms with E-state index in [-0.39, 0.29) is 11.9 Å². The molecule has 2 rings (SSSR count). The lowest BCUT2D eigenvalue weighted by molar-refractivity contribution is -0.121. The first-order valence-corrected chi connectivity index (χ1v) is 11.4. The fourth-order valence-corrected chi connectivity index (χ4v) is 4.25. The number of nitrogens with one attached hydrogen (secondary N) is 3. The van der Waals surface area contributed by atoms with Crippen LogP contribution < -0.4 is 16.0 Å². The lowest BCUT2D eigenvalue weighted by atomic mass is 9.97. The zero-order valence-corrected chi connectivity index (χ0v) is 18.6. The summed E-state index contributed by atoms with van der Waals surface area (Å²) in [6.45, 7) is 10.1. The quantitative estimate of drug-likeness (QED) is 0.435. The molecule has 0 bridgehead atoms. The Kier molecular flexibility index (Phi) is 9.78. The Bertz CT molecular complexity index is 596. The Morgan fingerprint density at radius 1 is 1.36 bits per heavy atom. The number of guanidine groups is 1. The lowest BCUT2D eigenvalue weighted by Gasteiger charge is -2.36. The third-order valence-corrected chi connectivity index (χ3v) is 6.45. The van der Waals surface area contributed by atoms with Gasteiger partial charge in [-0.1, -0.05) is 19.9 Å². The number of hydrogen-bond donors (Lipinski definition) is 3. The summed E-state index contributed by atoms with van der Waals surface area (Å²) in [7, 11) is 1.78. The highest BCUT2D eigenvalue weighted by Gasteiger charge is 2.25. The molecule has 3 N–H and O–H groups in total. The summed E-state index contributed by atoms with van der Waals surface area (Å²) >= 11 is 1.82. The number of rotatable bonds is 9. The molecule has 1 fully saturated rings. The monoisotopic (exact) mass is 407 g/mol. The summed E-state index contributed by atoms with van der Waals surface area (Å²) in [5, 5.41) is 11.9. The fraction of sp³-hybridized carbons (Fsp3) is 0.714. The molecule has 158 valence electrons. The molecular weight excluding hydrogens is 370 g/mol. The predicted octanol–water partition coefficient (Wildman–Crippen LogP) is 2.99. The van der Waals surface area contributed by atoms with Crippen molar-refractivity contribution in [2.45, 2.75) is 58.5 Å². The van der Waals surface area contributed by atoms with Crippen LogP contribution in [-0.4, -0.2) is 56.0 Å². The standard InChI is InChI=1S/C21H37N5OS/c1-5-17(3)25-20(27)8-11-23-21(22-4)24-15-18(19-7-6-14-28-19)26-12-9-16(2)10-13-26/h6-7,14,16-18H,5,8-13,15H2,1-4H3,(H,25,27)(H2,22,23,24). The van der Waals surface area contributed by atoms with Crippen LogP contribution in [0.4, 0.5) is 0 Å². The fourth-order valence-electron chi connectivity index (χ4n) is 3.39. The van der Waals surface area contributed by atoms with Crippen LogP contribution in [0.25, 0.3) is 0 Å². The van der Waals surface area contributed by atoms with Gasteiger partial charge in [0.25, 0.3) is 0 Å². The summed E-state index contributed by atoms with van der Waals surface area (Å²) < 4.78 is 0. The van der Waals surface area contributed by atoms with Crippen LogP contribution in [0.3, 0.4) is 0 Å². The summed E-state index contributed by atoms with van der Waals surface area (Å²) in [4.78, 5) is 20.2. The van der Waals surface area contributed by atoms with E-state index in [1.807, 2.05) is 18.3 Å². The van der Waals surface area contributed by atoms with E-state index in [2.05, 4.69) is 57.2 Å². The zero-order valence-electron chi connectivity index (χ0n) is 17.8. The van der Waals surface area contributed by atoms with Crippen molar-refractivity contribution in [2.75, 3.05) is 33.2 Å². The Labute approximate surface area is 174 Å². The molecule has 0 aliphatic carbocycles. The third kappa shape index (κ3) is 7.43. The molecule has 0 saturated carbocycles. The van der Waals surface area contributed by atoms with Crippen LogP contribution in [0.15, 0.2) is 22.5 Å². The SMILES string of the molecule is CCC(C)NC(=O)CCNC(=NC)NCC(c1cccs1)N1CCC(C)CC1. The normalized spacial score (nSPS) is 18.5. The molecule has 2 atom stereocenters. The van der Waals surface area contributed by atoms with Gasteiger partial charge in [-0.3, -0.25) is 14.7 Å². The van der Waals surface area contributed by atoms with Crippen LogP contribution >= 0.6 is 11.3 Å². The van der Waals surface area contributed by atoms with E-state index >= 15 is 0 Å². The van der Waals surface area contributed by atoms with Crippen molar-refractivity contribution in [1.82, 2.24) is 20.9 Å². The van der Waals surface area contributed by atoms with Gasteiger partial charge in [-0.25, -0.2) is 0 Å². The molecule has 1 aromatic heterocycles. The van der Waals surface area contributed by atoms with E-state index in [0.29, 0.717) is 19.0 Å². The number of hydrogen-bond acceptors (Lipinski definition) is 4. The molecule has 1 aromatic rings. The molecule has 7 heteroatoms. The second-order valence-corrected chi connectivity index (χ2v) is 8.74. The molecule has 1 saturated heterocycles. The molecule has 2 heterocycles. The largest absolute Gasteiger partial charge is 0.356 e. The molecule has 1 aliphatic rings. The van der Waals surface area contributed by atoms with Crippen molar-refractivity contribution in [2.24, 2.45) is 10.9 Å². The molecule has 0 aromatic carbocycles. The van der Waals surface area contributed by atoms with E-state index in [1.54, 1.807) is 7.05 Å². The topological polar surface area (TPSA) is 68.8 Å². The highest BCUT2D eigenvalue weighted by molar-refractivity contribution is 7.10. The van der Waals surface area contributed by atoms with E-state index in [0.717, 1.165) is 37.9 Å². The number of nitrogens with zero attached hydrogens (tertiary/aromatic N) is 2. The summed E-state index contributed by atoms with van der Waals surface area (Å²) in [5.41, 5.74) is 0. The average molecular weight is 408 g/mol. The maximum Gasteiger partial charge on any atom is 0.221 e. The molecule has 6 nitrogen and oxygen atoms in total. The maximum atomic E-state index is 11.9. The van der Waals surface area contributed by atoms with Crippen LogP contribution in [0.5, 0.6) is 0 Å². The van der Waals surface area contributed by atoms with Crippen molar-refractivity contribution >= 4 is 23.2 Å². The second kappa shape index (κ2) is 12.1. The van der Waals surface area contributed by atoms with Gasteiger partial charge >= 0.3 is 0 Å². The minimum Gasteiger partial charge on any atom is -0.356 e. The summed E-state index contributed by atoms with van der Waals surface area (Å²) in [5.74, 6) is 1.66. The highest BCUT2D eigenvalue weighted by atomic mass is 32.1. The molecule has 0 radical (unpaired) electrons. The van der Waals surface area contributed by atoms with Gasteiger partial charge in [-0.15, -0.1) is 11.3 Å². The van der Waals surface area contributed by atoms with E-state index < -0.39 is 0 Å². The first kappa shape index (κ1) is 22.7. The molecule has 2 unspecified atom stereocenters. The van der Waals surface area contributed by atoms with Gasteiger partial charge in [0.05, 0.1) is 6.04 Å². The first-order chi connectivity index (χ1) is 13.5. The summed E-state index contributed by atoms with van der Waals surface area (Å²) in [6.07, 6.45) is 3.92. The summed E-state index contributed by atoms with van der Waals surface area (Å²) in [6, 6.07) is 4.94. The number of carbonyl (C=O) groups is 1.